The first-order valence-electron chi connectivity index (χ1n) is 10.0. The van der Waals surface area contributed by atoms with Crippen LogP contribution in [0.3, 0.4) is 0 Å². The third kappa shape index (κ3) is 4.35. The Morgan fingerprint density at radius 3 is 2.40 bits per heavy atom. The molecule has 4 rings (SSSR count). The van der Waals surface area contributed by atoms with E-state index in [4.69, 9.17) is 0 Å². The molecule has 3 aromatic rings. The average Bonchev–Trinajstić information content (AvgIpc) is 3.08. The molecule has 0 saturated carbocycles. The predicted molar refractivity (Wildman–Crippen MR) is 127 cm³/mol. The van der Waals surface area contributed by atoms with Gasteiger partial charge in [-0.1, -0.05) is 33.6 Å². The number of benzene rings is 2. The monoisotopic (exact) mass is 482 g/mol. The Balaban J connectivity index is 1.66. The molecule has 154 valence electrons. The van der Waals surface area contributed by atoms with Crippen molar-refractivity contribution in [1.82, 2.24) is 0 Å². The van der Waals surface area contributed by atoms with Gasteiger partial charge < -0.3 is 10.6 Å². The van der Waals surface area contributed by atoms with E-state index in [9.17, 15) is 9.59 Å². The van der Waals surface area contributed by atoms with Gasteiger partial charge in [-0.15, -0.1) is 11.3 Å². The number of amides is 2. The predicted octanol–water partition coefficient (Wildman–Crippen LogP) is 6.51. The van der Waals surface area contributed by atoms with Gasteiger partial charge in [0.05, 0.1) is 5.56 Å². The van der Waals surface area contributed by atoms with Crippen molar-refractivity contribution in [3.8, 4) is 0 Å². The van der Waals surface area contributed by atoms with E-state index in [1.165, 1.54) is 16.2 Å². The summed E-state index contributed by atoms with van der Waals surface area (Å²) in [5.41, 5.74) is 5.23. The van der Waals surface area contributed by atoms with Crippen LogP contribution < -0.4 is 10.6 Å². The van der Waals surface area contributed by atoms with Crippen LogP contribution in [0.5, 0.6) is 0 Å². The van der Waals surface area contributed by atoms with Crippen LogP contribution in [0.1, 0.15) is 55.1 Å². The highest BCUT2D eigenvalue weighted by atomic mass is 79.9. The van der Waals surface area contributed by atoms with Gasteiger partial charge in [-0.2, -0.15) is 0 Å². The lowest BCUT2D eigenvalue weighted by Gasteiger charge is -2.14. The number of carbonyl (C=O) groups is 2. The smallest absolute Gasteiger partial charge is 0.258 e. The Morgan fingerprint density at radius 1 is 0.933 bits per heavy atom. The zero-order valence-corrected chi connectivity index (χ0v) is 19.4. The van der Waals surface area contributed by atoms with Crippen molar-refractivity contribution < 1.29 is 9.59 Å². The molecule has 2 amide bonds. The number of aryl methyl sites for hydroxylation is 3. The van der Waals surface area contributed by atoms with Crippen LogP contribution in [0.4, 0.5) is 10.7 Å². The van der Waals surface area contributed by atoms with Gasteiger partial charge in [-0.3, -0.25) is 9.59 Å². The number of anilines is 2. The minimum atomic E-state index is -0.207. The van der Waals surface area contributed by atoms with Crippen LogP contribution in [0.2, 0.25) is 0 Å². The number of nitrogens with one attached hydrogen (secondary N) is 2. The van der Waals surface area contributed by atoms with E-state index in [2.05, 4.69) is 32.6 Å². The van der Waals surface area contributed by atoms with Crippen molar-refractivity contribution in [2.24, 2.45) is 0 Å². The zero-order chi connectivity index (χ0) is 21.3. The van der Waals surface area contributed by atoms with E-state index < -0.39 is 0 Å². The second-order valence-electron chi connectivity index (χ2n) is 7.65. The number of hydrogen-bond acceptors (Lipinski definition) is 3. The Hall–Kier alpha value is -2.44. The quantitative estimate of drug-likeness (QED) is 0.445. The first kappa shape index (κ1) is 20.8. The van der Waals surface area contributed by atoms with Gasteiger partial charge in [0.2, 0.25) is 0 Å². The minimum Gasteiger partial charge on any atom is -0.322 e. The van der Waals surface area contributed by atoms with Gasteiger partial charge in [-0.05, 0) is 81.0 Å². The maximum Gasteiger partial charge on any atom is 0.258 e. The van der Waals surface area contributed by atoms with Gasteiger partial charge in [0.15, 0.2) is 0 Å². The van der Waals surface area contributed by atoms with Crippen molar-refractivity contribution in [2.45, 2.75) is 39.5 Å². The lowest BCUT2D eigenvalue weighted by Crippen LogP contribution is -2.19. The van der Waals surface area contributed by atoms with Crippen molar-refractivity contribution >= 4 is 49.8 Å². The summed E-state index contributed by atoms with van der Waals surface area (Å²) >= 11 is 4.92. The average molecular weight is 483 g/mol. The number of rotatable bonds is 4. The summed E-state index contributed by atoms with van der Waals surface area (Å²) in [6.07, 6.45) is 4.01. The molecular weight excluding hydrogens is 460 g/mol. The molecule has 0 fully saturated rings. The fraction of sp³-hybridized carbons (Fsp3) is 0.250. The molecule has 0 saturated heterocycles. The van der Waals surface area contributed by atoms with E-state index >= 15 is 0 Å². The normalized spacial score (nSPS) is 12.9. The molecule has 0 aliphatic heterocycles. The van der Waals surface area contributed by atoms with E-state index in [0.29, 0.717) is 16.1 Å². The van der Waals surface area contributed by atoms with Gasteiger partial charge in [0.1, 0.15) is 5.00 Å². The molecule has 2 N–H and O–H groups in total. The lowest BCUT2D eigenvalue weighted by atomic mass is 9.95. The Labute approximate surface area is 188 Å². The topological polar surface area (TPSA) is 58.2 Å². The fourth-order valence-corrected chi connectivity index (χ4v) is 5.36. The van der Waals surface area contributed by atoms with Crippen molar-refractivity contribution in [3.63, 3.8) is 0 Å². The zero-order valence-electron chi connectivity index (χ0n) is 17.0. The second-order valence-corrected chi connectivity index (χ2v) is 9.67. The maximum atomic E-state index is 13.3. The third-order valence-electron chi connectivity index (χ3n) is 5.36. The summed E-state index contributed by atoms with van der Waals surface area (Å²) in [6, 6.07) is 13.2. The largest absolute Gasteiger partial charge is 0.322 e. The molecule has 30 heavy (non-hydrogen) atoms. The first-order valence-corrected chi connectivity index (χ1v) is 11.6. The minimum absolute atomic E-state index is 0.160. The fourth-order valence-electron chi connectivity index (χ4n) is 3.81. The van der Waals surface area contributed by atoms with Gasteiger partial charge in [0, 0.05) is 20.6 Å². The molecule has 2 aromatic carbocycles. The molecule has 1 aliphatic carbocycles. The van der Waals surface area contributed by atoms with E-state index in [1.54, 1.807) is 12.1 Å². The number of carbonyl (C=O) groups excluding carboxylic acids is 2. The number of fused-ring (bicyclic) bond motifs is 1. The molecule has 1 heterocycles. The molecule has 0 spiro atoms. The molecular formula is C24H23BrN2O2S. The van der Waals surface area contributed by atoms with Crippen LogP contribution in [-0.4, -0.2) is 11.8 Å². The molecule has 0 unspecified atom stereocenters. The molecule has 1 aromatic heterocycles. The van der Waals surface area contributed by atoms with E-state index in [-0.39, 0.29) is 11.8 Å². The standard InChI is InChI=1S/C24H23BrN2O2S/c1-14-7-12-19(15(2)13-14)26-23(29)21-18-5-3-4-6-20(18)30-24(21)27-22(28)16-8-10-17(25)11-9-16/h7-13H,3-6H2,1-2H3,(H,26,29)(H,27,28). The lowest BCUT2D eigenvalue weighted by molar-refractivity contribution is 0.102. The van der Waals surface area contributed by atoms with Crippen molar-refractivity contribution in [1.29, 1.82) is 0 Å². The van der Waals surface area contributed by atoms with E-state index in [0.717, 1.165) is 52.5 Å². The van der Waals surface area contributed by atoms with Gasteiger partial charge >= 0.3 is 0 Å². The highest BCUT2D eigenvalue weighted by Gasteiger charge is 2.27. The summed E-state index contributed by atoms with van der Waals surface area (Å²) in [5, 5.41) is 6.69. The molecule has 0 radical (unpaired) electrons. The molecule has 6 heteroatoms. The number of thiophene rings is 1. The Bertz CT molecular complexity index is 1120. The van der Waals surface area contributed by atoms with Crippen LogP contribution in [0.25, 0.3) is 0 Å². The summed E-state index contributed by atoms with van der Waals surface area (Å²) in [5.74, 6) is -0.367. The Morgan fingerprint density at radius 2 is 1.67 bits per heavy atom. The van der Waals surface area contributed by atoms with Crippen molar-refractivity contribution in [3.05, 3.63) is 79.6 Å². The van der Waals surface area contributed by atoms with Crippen LogP contribution in [0, 0.1) is 13.8 Å². The SMILES string of the molecule is Cc1ccc(NC(=O)c2c(NC(=O)c3ccc(Br)cc3)sc3c2CCCC3)c(C)c1. The summed E-state index contributed by atoms with van der Waals surface area (Å²) in [7, 11) is 0. The second kappa shape index (κ2) is 8.74. The van der Waals surface area contributed by atoms with Crippen LogP contribution >= 0.6 is 27.3 Å². The van der Waals surface area contributed by atoms with Crippen LogP contribution in [-0.2, 0) is 12.8 Å². The van der Waals surface area contributed by atoms with Gasteiger partial charge in [0.25, 0.3) is 11.8 Å². The maximum absolute atomic E-state index is 13.3. The summed E-state index contributed by atoms with van der Waals surface area (Å²) < 4.78 is 0.916. The highest BCUT2D eigenvalue weighted by Crippen LogP contribution is 2.39. The van der Waals surface area contributed by atoms with Crippen LogP contribution in [0.15, 0.2) is 46.9 Å². The summed E-state index contributed by atoms with van der Waals surface area (Å²) in [6.45, 7) is 4.02. The van der Waals surface area contributed by atoms with Gasteiger partial charge in [-0.25, -0.2) is 0 Å². The third-order valence-corrected chi connectivity index (χ3v) is 7.10. The molecule has 0 bridgehead atoms. The van der Waals surface area contributed by atoms with E-state index in [1.807, 2.05) is 38.1 Å². The molecule has 1 aliphatic rings. The Kier molecular flexibility index (Phi) is 6.06. The number of halogens is 1. The summed E-state index contributed by atoms with van der Waals surface area (Å²) in [4.78, 5) is 27.3. The first-order chi connectivity index (χ1) is 14.4. The molecule has 0 atom stereocenters. The molecule has 4 nitrogen and oxygen atoms in total. The number of hydrogen-bond donors (Lipinski definition) is 2. The highest BCUT2D eigenvalue weighted by molar-refractivity contribution is 9.10. The van der Waals surface area contributed by atoms with Crippen molar-refractivity contribution in [2.75, 3.05) is 10.6 Å².